The summed E-state index contributed by atoms with van der Waals surface area (Å²) in [5.74, 6) is -1.43. The number of aliphatic hydroxyl groups is 1. The maximum Gasteiger partial charge on any atom is 0.354 e. The first-order valence-corrected chi connectivity index (χ1v) is 11.2. The molecule has 0 aromatic heterocycles. The molecule has 6 nitrogen and oxygen atoms in total. The lowest BCUT2D eigenvalue weighted by Gasteiger charge is -2.51. The number of nitrogens with zero attached hydrogens (tertiary/aromatic N) is 1. The molecule has 2 saturated heterocycles. The van der Waals surface area contributed by atoms with E-state index in [0.29, 0.717) is 4.24 Å². The zero-order valence-corrected chi connectivity index (χ0v) is 15.1. The Bertz CT molecular complexity index is 569. The Morgan fingerprint density at radius 3 is 2.77 bits per heavy atom. The maximum absolute atomic E-state index is 12.4. The highest BCUT2D eigenvalue weighted by molar-refractivity contribution is 8.23. The Balaban J connectivity index is 1.84. The first kappa shape index (κ1) is 16.4. The van der Waals surface area contributed by atoms with Crippen LogP contribution >= 0.6 is 23.5 Å². The number of β-lactam (4-membered cyclic amide) rings is 1. The monoisotopic (exact) mass is 361 g/mol. The average Bonchev–Trinajstić information content (AvgIpc) is 3.00. The molecule has 0 aromatic carbocycles. The van der Waals surface area contributed by atoms with E-state index in [2.05, 4.69) is 0 Å². The van der Waals surface area contributed by atoms with Gasteiger partial charge in [0.15, 0.2) is 14.7 Å². The highest BCUT2D eigenvalue weighted by Gasteiger charge is 2.66. The van der Waals surface area contributed by atoms with E-state index in [4.69, 9.17) is 0 Å². The van der Waals surface area contributed by atoms with Crippen LogP contribution in [-0.4, -0.2) is 57.6 Å². The van der Waals surface area contributed by atoms with Crippen molar-refractivity contribution in [2.24, 2.45) is 5.41 Å². The summed E-state index contributed by atoms with van der Waals surface area (Å²) in [5, 5.41) is 19.3. The molecular weight excluding hydrogens is 342 g/mol. The van der Waals surface area contributed by atoms with Crippen molar-refractivity contribution in [1.82, 2.24) is 4.90 Å². The molecule has 0 radical (unpaired) electrons. The number of amides is 1. The maximum atomic E-state index is 12.4. The normalized spacial score (nSPS) is 39.0. The number of hydrogen-bond donors (Lipinski definition) is 3. The van der Waals surface area contributed by atoms with Crippen molar-refractivity contribution in [3.05, 3.63) is 9.93 Å². The minimum atomic E-state index is -1.60. The van der Waals surface area contributed by atoms with Crippen LogP contribution in [0, 0.1) is 5.41 Å². The van der Waals surface area contributed by atoms with Gasteiger partial charge in [0.2, 0.25) is 5.91 Å². The van der Waals surface area contributed by atoms with Crippen LogP contribution in [0.2, 0.25) is 12.1 Å². The van der Waals surface area contributed by atoms with E-state index < -0.39 is 26.5 Å². The van der Waals surface area contributed by atoms with E-state index in [9.17, 15) is 24.6 Å². The van der Waals surface area contributed by atoms with Gasteiger partial charge >= 0.3 is 5.97 Å². The van der Waals surface area contributed by atoms with Gasteiger partial charge < -0.3 is 15.0 Å². The number of rotatable bonds is 4. The zero-order valence-electron chi connectivity index (χ0n) is 12.4. The summed E-state index contributed by atoms with van der Waals surface area (Å²) in [4.78, 5) is 35.0. The fourth-order valence-corrected chi connectivity index (χ4v) is 9.42. The van der Waals surface area contributed by atoms with Crippen molar-refractivity contribution in [3.8, 4) is 0 Å². The average molecular weight is 362 g/mol. The lowest BCUT2D eigenvalue weighted by atomic mass is 9.75. The van der Waals surface area contributed by atoms with E-state index in [1.54, 1.807) is 13.8 Å². The van der Waals surface area contributed by atoms with Gasteiger partial charge in [-0.1, -0.05) is 11.8 Å². The molecule has 0 saturated carbocycles. The molecule has 0 spiro atoms. The molecule has 0 bridgehead atoms. The zero-order chi connectivity index (χ0) is 16.2. The molecule has 0 aliphatic carbocycles. The number of carboxylic acids is 1. The Morgan fingerprint density at radius 1 is 1.59 bits per heavy atom. The van der Waals surface area contributed by atoms with Crippen molar-refractivity contribution < 1.29 is 24.6 Å². The van der Waals surface area contributed by atoms with Crippen LogP contribution in [-0.2, 0) is 9.59 Å². The molecule has 5 atom stereocenters. The summed E-state index contributed by atoms with van der Waals surface area (Å²) < 4.78 is 0.642. The predicted octanol–water partition coefficient (Wildman–Crippen LogP) is 0.764. The highest BCUT2D eigenvalue weighted by Crippen LogP contribution is 2.60. The lowest BCUT2D eigenvalue weighted by Crippen LogP contribution is -2.68. The van der Waals surface area contributed by atoms with Gasteiger partial charge in [-0.3, -0.25) is 9.69 Å². The first-order chi connectivity index (χ1) is 10.3. The van der Waals surface area contributed by atoms with Gasteiger partial charge in [-0.15, -0.1) is 11.8 Å². The minimum absolute atomic E-state index is 0.0474. The molecular formula is C13H19NO5S2Si. The molecule has 122 valence electrons. The van der Waals surface area contributed by atoms with Crippen molar-refractivity contribution in [2.45, 2.75) is 49.1 Å². The van der Waals surface area contributed by atoms with Gasteiger partial charge in [0.05, 0.1) is 10.3 Å². The van der Waals surface area contributed by atoms with E-state index in [0.717, 1.165) is 18.5 Å². The Hall–Kier alpha value is -0.483. The second-order valence-corrected chi connectivity index (χ2v) is 11.3. The number of fused-ring (bicyclic) bond motifs is 1. The second-order valence-electron chi connectivity index (χ2n) is 6.25. The highest BCUT2D eigenvalue weighted by atomic mass is 32.2. The number of carbonyl (C=O) groups is 2. The Kier molecular flexibility index (Phi) is 4.13. The molecule has 9 heteroatoms. The summed E-state index contributed by atoms with van der Waals surface area (Å²) in [6.45, 7) is 3.26. The molecule has 3 aliphatic heterocycles. The van der Waals surface area contributed by atoms with Crippen molar-refractivity contribution in [3.63, 3.8) is 0 Å². The third kappa shape index (κ3) is 2.25. The van der Waals surface area contributed by atoms with Crippen LogP contribution in [0.4, 0.5) is 0 Å². The summed E-state index contributed by atoms with van der Waals surface area (Å²) >= 11 is 2.84. The van der Waals surface area contributed by atoms with Crippen LogP contribution in [0.3, 0.4) is 0 Å². The van der Waals surface area contributed by atoms with E-state index in [-0.39, 0.29) is 22.2 Å². The third-order valence-corrected chi connectivity index (χ3v) is 10.3. The molecule has 3 heterocycles. The molecule has 3 rings (SSSR count). The van der Waals surface area contributed by atoms with Crippen LogP contribution in [0.25, 0.3) is 0 Å². The number of carboxylic acid groups (broad SMARTS) is 1. The summed E-state index contributed by atoms with van der Waals surface area (Å²) in [6, 6.07) is 1.66. The van der Waals surface area contributed by atoms with Gasteiger partial charge in [-0.05, 0) is 32.4 Å². The van der Waals surface area contributed by atoms with Crippen molar-refractivity contribution in [1.29, 1.82) is 0 Å². The minimum Gasteiger partial charge on any atom is -0.477 e. The van der Waals surface area contributed by atoms with Crippen LogP contribution < -0.4 is 0 Å². The standard InChI is InChI=1S/C13H19NO5S2Si/c1-6(15)13(2)11(18)14-8(9(16)17)10(21-12(13)14)20-7-3-4-22(19)5-7/h6-7,12,15,19,22H,3-5H2,1-2H3,(H,16,17)/t6-,7+,12-,13+,22-/m1/s1. The summed E-state index contributed by atoms with van der Waals surface area (Å²) in [5.41, 5.74) is -0.886. The van der Waals surface area contributed by atoms with Gasteiger partial charge in [-0.25, -0.2) is 4.79 Å². The molecule has 2 fully saturated rings. The molecule has 22 heavy (non-hydrogen) atoms. The Labute approximate surface area is 138 Å². The van der Waals surface area contributed by atoms with E-state index in [1.807, 2.05) is 0 Å². The summed E-state index contributed by atoms with van der Waals surface area (Å²) in [7, 11) is -1.60. The Morgan fingerprint density at radius 2 is 2.27 bits per heavy atom. The van der Waals surface area contributed by atoms with Gasteiger partial charge in [0.25, 0.3) is 0 Å². The number of aliphatic hydroxyl groups excluding tert-OH is 1. The third-order valence-electron chi connectivity index (χ3n) is 4.78. The van der Waals surface area contributed by atoms with Gasteiger partial charge in [0.1, 0.15) is 10.8 Å². The molecule has 0 unspecified atom stereocenters. The van der Waals surface area contributed by atoms with E-state index >= 15 is 0 Å². The second kappa shape index (κ2) is 5.55. The number of carbonyl (C=O) groups excluding carboxylic acids is 1. The smallest absolute Gasteiger partial charge is 0.354 e. The van der Waals surface area contributed by atoms with E-state index in [1.165, 1.54) is 28.4 Å². The lowest BCUT2D eigenvalue weighted by molar-refractivity contribution is -0.170. The fraction of sp³-hybridized carbons (Fsp3) is 0.692. The topological polar surface area (TPSA) is 98.1 Å². The number of hydrogen-bond acceptors (Lipinski definition) is 6. The van der Waals surface area contributed by atoms with Gasteiger partial charge in [-0.2, -0.15) is 0 Å². The van der Waals surface area contributed by atoms with Crippen molar-refractivity contribution >= 4 is 44.4 Å². The van der Waals surface area contributed by atoms with Crippen LogP contribution in [0.5, 0.6) is 0 Å². The molecule has 3 aliphatic rings. The quantitative estimate of drug-likeness (QED) is 0.502. The number of aliphatic carboxylic acids is 1. The SMILES string of the molecule is C[C@@H](O)[C@@]1(C)C(=O)N2C(C(=O)O)=C(S[C@H]3CC[Si@@H](O)C3)S[C@@H]21. The largest absolute Gasteiger partial charge is 0.477 e. The van der Waals surface area contributed by atoms with Gasteiger partial charge in [0, 0.05) is 5.25 Å². The van der Waals surface area contributed by atoms with Crippen molar-refractivity contribution in [2.75, 3.05) is 0 Å². The van der Waals surface area contributed by atoms with Crippen LogP contribution in [0.15, 0.2) is 9.93 Å². The fourth-order valence-electron chi connectivity index (χ4n) is 3.16. The van der Waals surface area contributed by atoms with Crippen LogP contribution in [0.1, 0.15) is 20.3 Å². The molecule has 0 aromatic rings. The molecule has 3 N–H and O–H groups in total. The number of thioether (sulfide) groups is 2. The first-order valence-electron chi connectivity index (χ1n) is 7.27. The predicted molar refractivity (Wildman–Crippen MR) is 87.7 cm³/mol. The molecule has 1 amide bonds. The summed E-state index contributed by atoms with van der Waals surface area (Å²) in [6.07, 6.45) is 0.0789.